The molecule has 1 aliphatic heterocycles. The Morgan fingerprint density at radius 3 is 2.55 bits per heavy atom. The number of carbonyl (C=O) groups is 1. The van der Waals surface area contributed by atoms with Gasteiger partial charge in [0, 0.05) is 50.2 Å². The smallest absolute Gasteiger partial charge is 0.225 e. The van der Waals surface area contributed by atoms with Gasteiger partial charge in [-0.1, -0.05) is 36.4 Å². The second kappa shape index (κ2) is 13.1. The molecule has 1 unspecified atom stereocenters. The molecule has 208 valence electrons. The number of aliphatic hydroxyl groups excluding tert-OH is 1. The van der Waals surface area contributed by atoms with E-state index in [-0.39, 0.29) is 23.8 Å². The molecule has 38 heavy (non-hydrogen) atoms. The first-order chi connectivity index (χ1) is 18.3. The molecule has 0 aromatic heterocycles. The summed E-state index contributed by atoms with van der Waals surface area (Å²) < 4.78 is 11.7. The average Bonchev–Trinajstić information content (AvgIpc) is 2.94. The Hall–Kier alpha value is -2.45. The molecule has 7 nitrogen and oxygen atoms in total. The number of nitrogens with two attached hydrogens (primary N) is 1. The quantitative estimate of drug-likeness (QED) is 0.395. The zero-order chi connectivity index (χ0) is 27.1. The second-order valence-electron chi connectivity index (χ2n) is 11.1. The van der Waals surface area contributed by atoms with Crippen molar-refractivity contribution >= 4 is 5.91 Å². The minimum Gasteiger partial charge on any atom is -0.457 e. The summed E-state index contributed by atoms with van der Waals surface area (Å²) in [4.78, 5) is 15.4. The lowest BCUT2D eigenvalue weighted by Gasteiger charge is -2.44. The van der Waals surface area contributed by atoms with E-state index in [0.717, 1.165) is 42.6 Å². The van der Waals surface area contributed by atoms with Crippen LogP contribution >= 0.6 is 0 Å². The monoisotopic (exact) mass is 524 g/mol. The fourth-order valence-corrected chi connectivity index (χ4v) is 6.14. The van der Waals surface area contributed by atoms with Crippen LogP contribution < -0.4 is 10.5 Å². The van der Waals surface area contributed by atoms with Crippen molar-refractivity contribution in [2.45, 2.75) is 76.0 Å². The fraction of sp³-hybridized carbons (Fsp3) is 0.581. The molecule has 2 aromatic rings. The lowest BCUT2D eigenvalue weighted by atomic mass is 9.73. The minimum atomic E-state index is -1.16. The van der Waals surface area contributed by atoms with Crippen molar-refractivity contribution in [3.8, 4) is 11.5 Å². The van der Waals surface area contributed by atoms with E-state index in [0.29, 0.717) is 51.1 Å². The number of hydrogen-bond acceptors (Lipinski definition) is 6. The predicted octanol–water partition coefficient (Wildman–Crippen LogP) is 4.52. The number of amides is 1. The standard InChI is InChI=1S/C31H44N2O5/c1-22-10-3-5-13-28(22)38-29-14-6-4-12-25(29)31(36,17-7-8-19-37-2)24-11-9-18-33(21-24)30(35)23-15-16-27(34)26(32)20-23/h3-6,10,12-14,23-24,26-27,34,36H,7-9,11,15-21,32H2,1-2H3/t23-,24?,26-,27+,31+/m0/s1. The van der Waals surface area contributed by atoms with Gasteiger partial charge in [-0.3, -0.25) is 4.79 Å². The molecule has 5 atom stereocenters. The Morgan fingerprint density at radius 2 is 1.82 bits per heavy atom. The number of rotatable bonds is 10. The molecule has 7 heteroatoms. The van der Waals surface area contributed by atoms with Crippen molar-refractivity contribution in [3.05, 3.63) is 59.7 Å². The molecule has 1 aliphatic carbocycles. The summed E-state index contributed by atoms with van der Waals surface area (Å²) in [6, 6.07) is 15.3. The van der Waals surface area contributed by atoms with Crippen LogP contribution in [0.3, 0.4) is 0 Å². The summed E-state index contributed by atoms with van der Waals surface area (Å²) in [6.07, 6.45) is 5.04. The van der Waals surface area contributed by atoms with Crippen LogP contribution in [0.25, 0.3) is 0 Å². The maximum absolute atomic E-state index is 13.5. The summed E-state index contributed by atoms with van der Waals surface area (Å²) in [5.74, 6) is 1.21. The van der Waals surface area contributed by atoms with Crippen LogP contribution in [0.5, 0.6) is 11.5 Å². The van der Waals surface area contributed by atoms with Crippen molar-refractivity contribution in [3.63, 3.8) is 0 Å². The number of unbranched alkanes of at least 4 members (excludes halogenated alkanes) is 1. The van der Waals surface area contributed by atoms with Crippen LogP contribution in [0.1, 0.15) is 62.5 Å². The highest BCUT2D eigenvalue weighted by molar-refractivity contribution is 5.79. The molecule has 2 aliphatic rings. The van der Waals surface area contributed by atoms with Crippen molar-refractivity contribution in [1.82, 2.24) is 4.90 Å². The molecule has 2 fully saturated rings. The molecule has 2 aromatic carbocycles. The summed E-state index contributed by atoms with van der Waals surface area (Å²) in [7, 11) is 1.69. The number of aryl methyl sites for hydroxylation is 1. The van der Waals surface area contributed by atoms with Gasteiger partial charge in [0.25, 0.3) is 0 Å². The zero-order valence-corrected chi connectivity index (χ0v) is 22.9. The number of hydrogen-bond donors (Lipinski definition) is 3. The van der Waals surface area contributed by atoms with Gasteiger partial charge in [-0.2, -0.15) is 0 Å². The molecular formula is C31H44N2O5. The van der Waals surface area contributed by atoms with Crippen LogP contribution in [0.4, 0.5) is 0 Å². The van der Waals surface area contributed by atoms with Gasteiger partial charge in [0.2, 0.25) is 5.91 Å². The molecule has 4 rings (SSSR count). The first-order valence-corrected chi connectivity index (χ1v) is 14.1. The van der Waals surface area contributed by atoms with Gasteiger partial charge in [0.05, 0.1) is 11.7 Å². The topological polar surface area (TPSA) is 105 Å². The largest absolute Gasteiger partial charge is 0.457 e. The molecule has 0 radical (unpaired) electrons. The summed E-state index contributed by atoms with van der Waals surface area (Å²) in [5, 5.41) is 22.5. The number of carbonyl (C=O) groups excluding carboxylic acids is 1. The van der Waals surface area contributed by atoms with Crippen LogP contribution in [0.15, 0.2) is 48.5 Å². The molecule has 1 saturated heterocycles. The van der Waals surface area contributed by atoms with E-state index in [1.54, 1.807) is 7.11 Å². The van der Waals surface area contributed by atoms with Gasteiger partial charge >= 0.3 is 0 Å². The van der Waals surface area contributed by atoms with E-state index in [4.69, 9.17) is 15.2 Å². The van der Waals surface area contributed by atoms with Crippen molar-refractivity contribution in [1.29, 1.82) is 0 Å². The molecule has 1 heterocycles. The van der Waals surface area contributed by atoms with Gasteiger partial charge < -0.3 is 30.3 Å². The fourth-order valence-electron chi connectivity index (χ4n) is 6.14. The summed E-state index contributed by atoms with van der Waals surface area (Å²) in [5.41, 5.74) is 6.72. The number of piperidine rings is 1. The maximum atomic E-state index is 13.5. The summed E-state index contributed by atoms with van der Waals surface area (Å²) in [6.45, 7) is 3.83. The van der Waals surface area contributed by atoms with Gasteiger partial charge in [-0.05, 0) is 76.0 Å². The van der Waals surface area contributed by atoms with Crippen molar-refractivity contribution < 1.29 is 24.5 Å². The van der Waals surface area contributed by atoms with Gasteiger partial charge in [0.15, 0.2) is 0 Å². The third kappa shape index (κ3) is 6.57. The number of aliphatic hydroxyl groups is 2. The number of benzene rings is 2. The van der Waals surface area contributed by atoms with Crippen LogP contribution in [0, 0.1) is 18.8 Å². The number of methoxy groups -OCH3 is 1. The predicted molar refractivity (Wildman–Crippen MR) is 148 cm³/mol. The number of likely N-dealkylation sites (tertiary alicyclic amines) is 1. The first-order valence-electron chi connectivity index (χ1n) is 14.1. The lowest BCUT2D eigenvalue weighted by molar-refractivity contribution is -0.143. The molecule has 1 saturated carbocycles. The number of nitrogens with zero attached hydrogens (tertiary/aromatic N) is 1. The Bertz CT molecular complexity index is 1060. The van der Waals surface area contributed by atoms with Gasteiger partial charge in [-0.25, -0.2) is 0 Å². The highest BCUT2D eigenvalue weighted by Crippen LogP contribution is 2.45. The van der Waals surface area contributed by atoms with E-state index in [1.165, 1.54) is 0 Å². The molecule has 4 N–H and O–H groups in total. The van der Waals surface area contributed by atoms with Gasteiger partial charge in [-0.15, -0.1) is 0 Å². The SMILES string of the molecule is COCCCC[C@](O)(c1ccccc1Oc1ccccc1C)C1CCCN(C(=O)[C@H]2CC[C@@H](O)[C@@H](N)C2)C1. The van der Waals surface area contributed by atoms with Crippen LogP contribution in [0.2, 0.25) is 0 Å². The Morgan fingerprint density at radius 1 is 1.08 bits per heavy atom. The maximum Gasteiger partial charge on any atom is 0.225 e. The van der Waals surface area contributed by atoms with E-state index in [1.807, 2.05) is 60.4 Å². The number of ether oxygens (including phenoxy) is 2. The Balaban J connectivity index is 1.60. The number of para-hydroxylation sites is 2. The molecule has 0 bridgehead atoms. The van der Waals surface area contributed by atoms with Crippen molar-refractivity contribution in [2.75, 3.05) is 26.8 Å². The average molecular weight is 525 g/mol. The highest BCUT2D eigenvalue weighted by atomic mass is 16.5. The molecular weight excluding hydrogens is 480 g/mol. The van der Waals surface area contributed by atoms with E-state index >= 15 is 0 Å². The van der Waals surface area contributed by atoms with Crippen LogP contribution in [-0.4, -0.2) is 60.0 Å². The molecule has 1 amide bonds. The molecule has 0 spiro atoms. The minimum absolute atomic E-state index is 0.100. The Labute approximate surface area is 226 Å². The van der Waals surface area contributed by atoms with E-state index in [2.05, 4.69) is 0 Å². The third-order valence-electron chi connectivity index (χ3n) is 8.44. The first kappa shape index (κ1) is 28.6. The normalized spacial score (nSPS) is 25.6. The van der Waals surface area contributed by atoms with Crippen molar-refractivity contribution in [2.24, 2.45) is 17.6 Å². The van der Waals surface area contributed by atoms with Crippen LogP contribution in [-0.2, 0) is 15.1 Å². The third-order valence-corrected chi connectivity index (χ3v) is 8.44. The highest BCUT2D eigenvalue weighted by Gasteiger charge is 2.44. The summed E-state index contributed by atoms with van der Waals surface area (Å²) >= 11 is 0. The lowest BCUT2D eigenvalue weighted by Crippen LogP contribution is -2.51. The van der Waals surface area contributed by atoms with E-state index < -0.39 is 11.7 Å². The second-order valence-corrected chi connectivity index (χ2v) is 11.1. The zero-order valence-electron chi connectivity index (χ0n) is 22.9. The van der Waals surface area contributed by atoms with E-state index in [9.17, 15) is 15.0 Å². The Kier molecular flexibility index (Phi) is 9.82. The van der Waals surface area contributed by atoms with Gasteiger partial charge in [0.1, 0.15) is 11.5 Å².